The van der Waals surface area contributed by atoms with Gasteiger partial charge in [-0.2, -0.15) is 0 Å². The lowest BCUT2D eigenvalue weighted by Gasteiger charge is -2.49. The Morgan fingerprint density at radius 2 is 1.39 bits per heavy atom. The van der Waals surface area contributed by atoms with E-state index in [0.29, 0.717) is 17.8 Å². The largest absolute Gasteiger partial charge is 0.393 e. The number of aliphatic hydroxyl groups excluding tert-OH is 1. The third-order valence-corrected chi connectivity index (χ3v) is 6.68. The highest BCUT2D eigenvalue weighted by Gasteiger charge is 2.45. The van der Waals surface area contributed by atoms with Crippen molar-refractivity contribution in [1.82, 2.24) is 0 Å². The van der Waals surface area contributed by atoms with Crippen molar-refractivity contribution >= 4 is 0 Å². The van der Waals surface area contributed by atoms with Crippen molar-refractivity contribution in [2.24, 2.45) is 40.9 Å². The fourth-order valence-corrected chi connectivity index (χ4v) is 5.02. The zero-order valence-electron chi connectivity index (χ0n) is 17.2. The first-order valence-corrected chi connectivity index (χ1v) is 10.4. The van der Waals surface area contributed by atoms with E-state index < -0.39 is 0 Å². The highest BCUT2D eigenvalue weighted by atomic mass is 16.3. The van der Waals surface area contributed by atoms with E-state index in [0.717, 1.165) is 17.8 Å². The maximum atomic E-state index is 10.9. The standard InChI is InChI=1S/C20H38O.C2H6/c1-13(2)17-11-16(15-9-7-14(3)8-10-15)12-18(19(17)21)20(4,5)6;1-2/h13-19,21H,7-12H2,1-6H3;1-2H3. The van der Waals surface area contributed by atoms with Crippen molar-refractivity contribution in [3.63, 3.8) is 0 Å². The second kappa shape index (κ2) is 8.88. The van der Waals surface area contributed by atoms with Crippen LogP contribution >= 0.6 is 0 Å². The molecule has 138 valence electrons. The van der Waals surface area contributed by atoms with Gasteiger partial charge >= 0.3 is 0 Å². The summed E-state index contributed by atoms with van der Waals surface area (Å²) in [7, 11) is 0. The molecular formula is C22H44O. The minimum atomic E-state index is -0.0937. The van der Waals surface area contributed by atoms with Gasteiger partial charge < -0.3 is 5.11 Å². The highest BCUT2D eigenvalue weighted by Crippen LogP contribution is 2.49. The van der Waals surface area contributed by atoms with E-state index in [4.69, 9.17) is 0 Å². The summed E-state index contributed by atoms with van der Waals surface area (Å²) < 4.78 is 0. The minimum absolute atomic E-state index is 0.0937. The Kier molecular flexibility index (Phi) is 8.11. The molecule has 2 rings (SSSR count). The fraction of sp³-hybridized carbons (Fsp3) is 1.00. The number of rotatable bonds is 2. The van der Waals surface area contributed by atoms with Crippen molar-refractivity contribution in [2.45, 2.75) is 100 Å². The van der Waals surface area contributed by atoms with Crippen LogP contribution in [-0.2, 0) is 0 Å². The van der Waals surface area contributed by atoms with Gasteiger partial charge in [0.25, 0.3) is 0 Å². The SMILES string of the molecule is CC.CC1CCC(C2CC(C(C)C)C(O)C(C(C)(C)C)C2)CC1. The van der Waals surface area contributed by atoms with Gasteiger partial charge in [-0.3, -0.25) is 0 Å². The van der Waals surface area contributed by atoms with Crippen LogP contribution in [0, 0.1) is 40.9 Å². The Balaban J connectivity index is 0.00000127. The summed E-state index contributed by atoms with van der Waals surface area (Å²) in [6, 6.07) is 0. The van der Waals surface area contributed by atoms with E-state index in [2.05, 4.69) is 41.5 Å². The zero-order chi connectivity index (χ0) is 17.8. The number of hydrogen-bond donors (Lipinski definition) is 1. The lowest BCUT2D eigenvalue weighted by atomic mass is 9.58. The third-order valence-electron chi connectivity index (χ3n) is 6.68. The van der Waals surface area contributed by atoms with E-state index in [1.807, 2.05) is 13.8 Å². The van der Waals surface area contributed by atoms with Gasteiger partial charge in [-0.05, 0) is 66.6 Å². The lowest BCUT2D eigenvalue weighted by molar-refractivity contribution is -0.0759. The molecule has 0 aromatic heterocycles. The molecule has 0 aliphatic heterocycles. The van der Waals surface area contributed by atoms with Gasteiger partial charge in [-0.15, -0.1) is 0 Å². The van der Waals surface area contributed by atoms with Crippen LogP contribution in [0.2, 0.25) is 0 Å². The van der Waals surface area contributed by atoms with Crippen molar-refractivity contribution in [3.05, 3.63) is 0 Å². The first-order chi connectivity index (χ1) is 10.7. The molecule has 0 saturated heterocycles. The second-order valence-electron chi connectivity index (χ2n) is 9.62. The quantitative estimate of drug-likeness (QED) is 0.611. The molecule has 2 fully saturated rings. The highest BCUT2D eigenvalue weighted by molar-refractivity contribution is 4.94. The Bertz CT molecular complexity index is 319. The van der Waals surface area contributed by atoms with E-state index in [1.165, 1.54) is 38.5 Å². The number of aliphatic hydroxyl groups is 1. The monoisotopic (exact) mass is 324 g/mol. The van der Waals surface area contributed by atoms with Crippen molar-refractivity contribution in [1.29, 1.82) is 0 Å². The average molecular weight is 325 g/mol. The Labute approximate surface area is 146 Å². The molecular weight excluding hydrogens is 280 g/mol. The predicted molar refractivity (Wildman–Crippen MR) is 102 cm³/mol. The van der Waals surface area contributed by atoms with Crippen LogP contribution in [0.5, 0.6) is 0 Å². The topological polar surface area (TPSA) is 20.2 Å². The molecule has 1 nitrogen and oxygen atoms in total. The van der Waals surface area contributed by atoms with Gasteiger partial charge in [0, 0.05) is 0 Å². The maximum Gasteiger partial charge on any atom is 0.0604 e. The van der Waals surface area contributed by atoms with Crippen LogP contribution in [0.3, 0.4) is 0 Å². The van der Waals surface area contributed by atoms with Crippen molar-refractivity contribution in [2.75, 3.05) is 0 Å². The van der Waals surface area contributed by atoms with Crippen LogP contribution in [0.1, 0.15) is 93.9 Å². The fourth-order valence-electron chi connectivity index (χ4n) is 5.02. The zero-order valence-corrected chi connectivity index (χ0v) is 17.2. The van der Waals surface area contributed by atoms with E-state index >= 15 is 0 Å². The smallest absolute Gasteiger partial charge is 0.0604 e. The Hall–Kier alpha value is -0.0400. The van der Waals surface area contributed by atoms with Gasteiger partial charge in [0.05, 0.1) is 6.10 Å². The van der Waals surface area contributed by atoms with Gasteiger partial charge in [0.15, 0.2) is 0 Å². The van der Waals surface area contributed by atoms with Crippen LogP contribution in [0.25, 0.3) is 0 Å². The molecule has 0 bridgehead atoms. The summed E-state index contributed by atoms with van der Waals surface area (Å²) in [4.78, 5) is 0. The first kappa shape index (κ1) is 21.0. The molecule has 0 heterocycles. The van der Waals surface area contributed by atoms with Gasteiger partial charge in [0.2, 0.25) is 0 Å². The van der Waals surface area contributed by atoms with Crippen LogP contribution in [-0.4, -0.2) is 11.2 Å². The van der Waals surface area contributed by atoms with Crippen molar-refractivity contribution in [3.8, 4) is 0 Å². The molecule has 0 aromatic carbocycles. The summed E-state index contributed by atoms with van der Waals surface area (Å²) in [6.45, 7) is 18.0. The van der Waals surface area contributed by atoms with Crippen LogP contribution in [0.15, 0.2) is 0 Å². The summed E-state index contributed by atoms with van der Waals surface area (Å²) in [5.74, 6) is 4.32. The van der Waals surface area contributed by atoms with Gasteiger partial charge in [-0.1, -0.05) is 68.2 Å². The molecule has 2 aliphatic rings. The summed E-state index contributed by atoms with van der Waals surface area (Å²) in [5, 5.41) is 10.9. The molecule has 4 atom stereocenters. The molecule has 0 amide bonds. The molecule has 0 spiro atoms. The minimum Gasteiger partial charge on any atom is -0.393 e. The lowest BCUT2D eigenvalue weighted by Crippen LogP contribution is -2.46. The third kappa shape index (κ3) is 5.48. The van der Waals surface area contributed by atoms with E-state index in [9.17, 15) is 5.11 Å². The summed E-state index contributed by atoms with van der Waals surface area (Å²) in [5.41, 5.74) is 0.229. The molecule has 0 radical (unpaired) electrons. The average Bonchev–Trinajstić information content (AvgIpc) is 2.49. The molecule has 1 N–H and O–H groups in total. The Morgan fingerprint density at radius 1 is 0.870 bits per heavy atom. The van der Waals surface area contributed by atoms with Gasteiger partial charge in [-0.25, -0.2) is 0 Å². The molecule has 4 unspecified atom stereocenters. The van der Waals surface area contributed by atoms with E-state index in [-0.39, 0.29) is 11.5 Å². The molecule has 0 aromatic rings. The van der Waals surface area contributed by atoms with Gasteiger partial charge in [0.1, 0.15) is 0 Å². The maximum absolute atomic E-state index is 10.9. The predicted octanol–water partition coefficient (Wildman–Crippen LogP) is 6.54. The van der Waals surface area contributed by atoms with Crippen LogP contribution in [0.4, 0.5) is 0 Å². The van der Waals surface area contributed by atoms with Crippen LogP contribution < -0.4 is 0 Å². The molecule has 2 saturated carbocycles. The number of hydrogen-bond acceptors (Lipinski definition) is 1. The Morgan fingerprint density at radius 3 is 1.83 bits per heavy atom. The summed E-state index contributed by atoms with van der Waals surface area (Å²) >= 11 is 0. The summed E-state index contributed by atoms with van der Waals surface area (Å²) in [6.07, 6.45) is 8.15. The van der Waals surface area contributed by atoms with Crippen molar-refractivity contribution < 1.29 is 5.11 Å². The molecule has 1 heteroatoms. The molecule has 23 heavy (non-hydrogen) atoms. The molecule has 2 aliphatic carbocycles. The second-order valence-corrected chi connectivity index (χ2v) is 9.62. The van der Waals surface area contributed by atoms with E-state index in [1.54, 1.807) is 0 Å². The normalized spacial score (nSPS) is 38.9. The first-order valence-electron chi connectivity index (χ1n) is 10.4.